The van der Waals surface area contributed by atoms with Crippen molar-refractivity contribution in [3.8, 4) is 0 Å². The molecule has 1 heterocycles. The van der Waals surface area contributed by atoms with Crippen molar-refractivity contribution in [1.29, 1.82) is 0 Å². The monoisotopic (exact) mass is 375 g/mol. The zero-order valence-electron chi connectivity index (χ0n) is 14.3. The highest BCUT2D eigenvalue weighted by molar-refractivity contribution is 7.89. The summed E-state index contributed by atoms with van der Waals surface area (Å²) in [4.78, 5) is 15.5. The van der Waals surface area contributed by atoms with Gasteiger partial charge in [0.25, 0.3) is 0 Å². The van der Waals surface area contributed by atoms with Gasteiger partial charge in [0.15, 0.2) is 0 Å². The minimum absolute atomic E-state index is 0.0202. The van der Waals surface area contributed by atoms with Gasteiger partial charge in [0.05, 0.1) is 22.7 Å². The van der Waals surface area contributed by atoms with Crippen molar-refractivity contribution in [2.45, 2.75) is 36.8 Å². The molecule has 1 fully saturated rings. The summed E-state index contributed by atoms with van der Waals surface area (Å²) in [6.07, 6.45) is 2.26. The normalized spacial score (nSPS) is 20.8. The van der Waals surface area contributed by atoms with Gasteiger partial charge in [-0.05, 0) is 49.1 Å². The van der Waals surface area contributed by atoms with E-state index in [1.165, 1.54) is 19.1 Å². The van der Waals surface area contributed by atoms with Crippen LogP contribution in [0.5, 0.6) is 0 Å². The fraction of sp³-hybridized carbons (Fsp3) is 0.333. The number of pyridine rings is 1. The van der Waals surface area contributed by atoms with E-state index in [2.05, 4.69) is 15.0 Å². The number of anilines is 1. The number of nitrogens with one attached hydrogen (secondary N) is 2. The third-order valence-electron chi connectivity index (χ3n) is 4.37. The van der Waals surface area contributed by atoms with Gasteiger partial charge in [0.2, 0.25) is 15.9 Å². The number of amides is 1. The maximum absolute atomic E-state index is 12.9. The molecule has 7 nitrogen and oxygen atoms in total. The van der Waals surface area contributed by atoms with Crippen LogP contribution >= 0.6 is 0 Å². The van der Waals surface area contributed by atoms with Crippen molar-refractivity contribution in [2.24, 2.45) is 5.92 Å². The van der Waals surface area contributed by atoms with Crippen molar-refractivity contribution in [1.82, 2.24) is 9.71 Å². The predicted molar refractivity (Wildman–Crippen MR) is 96.8 cm³/mol. The first kappa shape index (κ1) is 18.5. The second-order valence-corrected chi connectivity index (χ2v) is 8.16. The fourth-order valence-corrected chi connectivity index (χ4v) is 4.36. The summed E-state index contributed by atoms with van der Waals surface area (Å²) in [6, 6.07) is 10.9. The molecule has 0 saturated heterocycles. The summed E-state index contributed by atoms with van der Waals surface area (Å²) in [5.41, 5.74) is 1.03. The lowest BCUT2D eigenvalue weighted by Gasteiger charge is -2.37. The number of nitrogens with zero attached hydrogens (tertiary/aromatic N) is 1. The Kier molecular flexibility index (Phi) is 5.36. The van der Waals surface area contributed by atoms with Crippen LogP contribution in [0.1, 0.15) is 31.5 Å². The molecule has 1 aromatic carbocycles. The Morgan fingerprint density at radius 2 is 2.00 bits per heavy atom. The van der Waals surface area contributed by atoms with Crippen molar-refractivity contribution < 1.29 is 18.3 Å². The van der Waals surface area contributed by atoms with Gasteiger partial charge in [0, 0.05) is 18.8 Å². The molecular weight excluding hydrogens is 354 g/mol. The zero-order valence-corrected chi connectivity index (χ0v) is 15.1. The summed E-state index contributed by atoms with van der Waals surface area (Å²) >= 11 is 0. The topological polar surface area (TPSA) is 108 Å². The van der Waals surface area contributed by atoms with Crippen LogP contribution in [0.2, 0.25) is 0 Å². The minimum Gasteiger partial charge on any atom is -0.393 e. The molecule has 0 spiro atoms. The summed E-state index contributed by atoms with van der Waals surface area (Å²) in [6.45, 7) is 1.36. The quantitative estimate of drug-likeness (QED) is 0.714. The van der Waals surface area contributed by atoms with Crippen LogP contribution in [0, 0.1) is 5.92 Å². The first-order valence-corrected chi connectivity index (χ1v) is 9.82. The third kappa shape index (κ3) is 4.27. The highest BCUT2D eigenvalue weighted by atomic mass is 32.2. The molecule has 2 aromatic rings. The van der Waals surface area contributed by atoms with Crippen molar-refractivity contribution in [2.75, 3.05) is 5.32 Å². The molecule has 0 aliphatic heterocycles. The standard InChI is InChI=1S/C18H21N3O4S/c1-12(22)20-14-5-4-6-16(11-14)26(24,25)21-18(13-9-15(23)10-13)17-7-2-3-8-19-17/h2-8,11,13,15,18,21,23H,9-10H2,1H3,(H,20,22). The lowest BCUT2D eigenvalue weighted by atomic mass is 9.76. The molecule has 1 unspecified atom stereocenters. The second kappa shape index (κ2) is 7.53. The smallest absolute Gasteiger partial charge is 0.241 e. The molecule has 26 heavy (non-hydrogen) atoms. The Balaban J connectivity index is 1.87. The molecular formula is C18H21N3O4S. The average Bonchev–Trinajstić information content (AvgIpc) is 2.58. The molecule has 3 N–H and O–H groups in total. The molecule has 138 valence electrons. The second-order valence-electron chi connectivity index (χ2n) is 6.45. The van der Waals surface area contributed by atoms with Crippen molar-refractivity contribution >= 4 is 21.6 Å². The van der Waals surface area contributed by atoms with Crippen LogP contribution in [0.25, 0.3) is 0 Å². The largest absolute Gasteiger partial charge is 0.393 e. The van der Waals surface area contributed by atoms with Crippen LogP contribution in [0.15, 0.2) is 53.6 Å². The number of carbonyl (C=O) groups excluding carboxylic acids is 1. The molecule has 1 amide bonds. The number of hydrogen-bond donors (Lipinski definition) is 3. The summed E-state index contributed by atoms with van der Waals surface area (Å²) < 4.78 is 28.4. The Labute approximate surface area is 152 Å². The number of aromatic nitrogens is 1. The van der Waals surface area contributed by atoms with Gasteiger partial charge in [-0.25, -0.2) is 13.1 Å². The molecule has 0 bridgehead atoms. The molecule has 1 aliphatic rings. The van der Waals surface area contributed by atoms with Crippen LogP contribution < -0.4 is 10.0 Å². The van der Waals surface area contributed by atoms with Gasteiger partial charge in [-0.2, -0.15) is 0 Å². The number of rotatable bonds is 6. The number of carbonyl (C=O) groups is 1. The summed E-state index contributed by atoms with van der Waals surface area (Å²) in [5, 5.41) is 12.2. The SMILES string of the molecule is CC(=O)Nc1cccc(S(=O)(=O)NC(c2ccccn2)C2CC(O)C2)c1. The number of sulfonamides is 1. The highest BCUT2D eigenvalue weighted by Gasteiger charge is 2.37. The Hall–Kier alpha value is -2.29. The minimum atomic E-state index is -3.83. The molecule has 8 heteroatoms. The third-order valence-corrected chi connectivity index (χ3v) is 5.81. The highest BCUT2D eigenvalue weighted by Crippen LogP contribution is 2.38. The van der Waals surface area contributed by atoms with Crippen LogP contribution in [-0.2, 0) is 14.8 Å². The van der Waals surface area contributed by atoms with Crippen LogP contribution in [-0.4, -0.2) is 30.5 Å². The zero-order chi connectivity index (χ0) is 18.7. The van der Waals surface area contributed by atoms with E-state index < -0.39 is 22.2 Å². The van der Waals surface area contributed by atoms with E-state index in [4.69, 9.17) is 0 Å². The Morgan fingerprint density at radius 3 is 2.62 bits per heavy atom. The lowest BCUT2D eigenvalue weighted by Crippen LogP contribution is -2.41. The van der Waals surface area contributed by atoms with Gasteiger partial charge in [-0.15, -0.1) is 0 Å². The average molecular weight is 375 g/mol. The van der Waals surface area contributed by atoms with Crippen molar-refractivity contribution in [3.05, 3.63) is 54.4 Å². The van der Waals surface area contributed by atoms with E-state index >= 15 is 0 Å². The molecule has 3 rings (SSSR count). The van der Waals surface area contributed by atoms with Crippen LogP contribution in [0.3, 0.4) is 0 Å². The molecule has 0 radical (unpaired) electrons. The van der Waals surface area contributed by atoms with E-state index in [-0.39, 0.29) is 16.7 Å². The first-order chi connectivity index (χ1) is 12.3. The maximum atomic E-state index is 12.9. The van der Waals surface area contributed by atoms with Gasteiger partial charge >= 0.3 is 0 Å². The van der Waals surface area contributed by atoms with E-state index in [1.807, 2.05) is 0 Å². The molecule has 1 atom stereocenters. The number of aliphatic hydroxyl groups is 1. The number of aliphatic hydroxyl groups excluding tert-OH is 1. The van der Waals surface area contributed by atoms with Crippen molar-refractivity contribution in [3.63, 3.8) is 0 Å². The molecule has 1 aliphatic carbocycles. The van der Waals surface area contributed by atoms with Gasteiger partial charge in [-0.3, -0.25) is 9.78 Å². The van der Waals surface area contributed by atoms with Gasteiger partial charge < -0.3 is 10.4 Å². The number of hydrogen-bond acceptors (Lipinski definition) is 5. The summed E-state index contributed by atoms with van der Waals surface area (Å²) in [7, 11) is -3.83. The fourth-order valence-electron chi connectivity index (χ4n) is 3.04. The number of benzene rings is 1. The lowest BCUT2D eigenvalue weighted by molar-refractivity contribution is -0.114. The van der Waals surface area contributed by atoms with Gasteiger partial charge in [0.1, 0.15) is 0 Å². The molecule has 1 aromatic heterocycles. The molecule has 1 saturated carbocycles. The maximum Gasteiger partial charge on any atom is 0.241 e. The van der Waals surface area contributed by atoms with Gasteiger partial charge in [-0.1, -0.05) is 12.1 Å². The summed E-state index contributed by atoms with van der Waals surface area (Å²) in [5.74, 6) is -0.296. The Morgan fingerprint density at radius 1 is 1.23 bits per heavy atom. The van der Waals surface area contributed by atoms with E-state index in [1.54, 1.807) is 36.5 Å². The predicted octanol–water partition coefficient (Wildman–Crippen LogP) is 1.83. The van der Waals surface area contributed by atoms with E-state index in [0.29, 0.717) is 24.2 Å². The van der Waals surface area contributed by atoms with E-state index in [9.17, 15) is 18.3 Å². The first-order valence-electron chi connectivity index (χ1n) is 8.34. The Bertz CT molecular complexity index is 880. The van der Waals surface area contributed by atoms with Crippen LogP contribution in [0.4, 0.5) is 5.69 Å². The van der Waals surface area contributed by atoms with E-state index in [0.717, 1.165) is 0 Å².